The minimum atomic E-state index is -4.01. The highest BCUT2D eigenvalue weighted by atomic mass is 35.5. The number of carbonyl (C=O) groups is 1. The van der Waals surface area contributed by atoms with Crippen LogP contribution >= 0.6 is 11.6 Å². The lowest BCUT2D eigenvalue weighted by Gasteiger charge is -2.08. The SMILES string of the molecule is O=C(NS(=O)(=O)c1ccc(Cl)cc1)c1ccc(C(O)O)cc1. The minimum Gasteiger partial charge on any atom is -0.364 e. The second-order valence-corrected chi connectivity index (χ2v) is 6.50. The number of benzene rings is 2. The third-order valence-electron chi connectivity index (χ3n) is 2.82. The van der Waals surface area contributed by atoms with Gasteiger partial charge in [0.05, 0.1) is 4.90 Å². The molecule has 2 aromatic carbocycles. The second kappa shape index (κ2) is 6.45. The molecule has 0 saturated heterocycles. The fourth-order valence-electron chi connectivity index (χ4n) is 1.66. The Labute approximate surface area is 132 Å². The molecule has 1 amide bonds. The molecule has 0 fully saturated rings. The Balaban J connectivity index is 2.18. The van der Waals surface area contributed by atoms with Crippen molar-refractivity contribution in [1.82, 2.24) is 4.72 Å². The molecule has 0 aliphatic carbocycles. The van der Waals surface area contributed by atoms with Crippen LogP contribution in [0.3, 0.4) is 0 Å². The van der Waals surface area contributed by atoms with Crippen LogP contribution in [0.5, 0.6) is 0 Å². The molecule has 0 spiro atoms. The summed E-state index contributed by atoms with van der Waals surface area (Å²) in [6.45, 7) is 0. The lowest BCUT2D eigenvalue weighted by atomic mass is 10.1. The van der Waals surface area contributed by atoms with Gasteiger partial charge < -0.3 is 10.2 Å². The number of aliphatic hydroxyl groups is 2. The highest BCUT2D eigenvalue weighted by Gasteiger charge is 2.18. The van der Waals surface area contributed by atoms with Crippen LogP contribution in [0.25, 0.3) is 0 Å². The predicted octanol–water partition coefficient (Wildman–Crippen LogP) is 1.44. The van der Waals surface area contributed by atoms with Crippen molar-refractivity contribution in [3.8, 4) is 0 Å². The van der Waals surface area contributed by atoms with Gasteiger partial charge in [0.2, 0.25) is 0 Å². The highest BCUT2D eigenvalue weighted by Crippen LogP contribution is 2.15. The number of amides is 1. The van der Waals surface area contributed by atoms with Crippen LogP contribution in [0, 0.1) is 0 Å². The van der Waals surface area contributed by atoms with Crippen LogP contribution in [0.2, 0.25) is 5.02 Å². The number of hydrogen-bond donors (Lipinski definition) is 3. The van der Waals surface area contributed by atoms with Gasteiger partial charge in [0, 0.05) is 16.1 Å². The number of rotatable bonds is 4. The van der Waals surface area contributed by atoms with Gasteiger partial charge >= 0.3 is 0 Å². The number of halogens is 1. The number of nitrogens with one attached hydrogen (secondary N) is 1. The first-order valence-electron chi connectivity index (χ1n) is 6.08. The molecule has 6 nitrogen and oxygen atoms in total. The Bertz CT molecular complexity index is 770. The van der Waals surface area contributed by atoms with E-state index < -0.39 is 22.2 Å². The third kappa shape index (κ3) is 3.83. The number of carbonyl (C=O) groups excluding carboxylic acids is 1. The van der Waals surface area contributed by atoms with Crippen LogP contribution in [0.15, 0.2) is 53.4 Å². The van der Waals surface area contributed by atoms with Crippen LogP contribution < -0.4 is 4.72 Å². The average molecular weight is 342 g/mol. The summed E-state index contributed by atoms with van der Waals surface area (Å²) in [6, 6.07) is 10.6. The van der Waals surface area contributed by atoms with Crippen molar-refractivity contribution in [2.75, 3.05) is 0 Å². The Morgan fingerprint density at radius 1 is 1.00 bits per heavy atom. The topological polar surface area (TPSA) is 104 Å². The van der Waals surface area contributed by atoms with Crippen molar-refractivity contribution >= 4 is 27.5 Å². The maximum absolute atomic E-state index is 12.0. The van der Waals surface area contributed by atoms with E-state index in [2.05, 4.69) is 0 Å². The van der Waals surface area contributed by atoms with Gasteiger partial charge in [-0.15, -0.1) is 0 Å². The first kappa shape index (κ1) is 16.4. The van der Waals surface area contributed by atoms with E-state index in [4.69, 9.17) is 21.8 Å². The molecule has 0 bridgehead atoms. The van der Waals surface area contributed by atoms with Crippen LogP contribution in [-0.2, 0) is 10.0 Å². The van der Waals surface area contributed by atoms with E-state index >= 15 is 0 Å². The minimum absolute atomic E-state index is 0.0712. The summed E-state index contributed by atoms with van der Waals surface area (Å²) in [7, 11) is -4.01. The van der Waals surface area contributed by atoms with Crippen LogP contribution in [-0.4, -0.2) is 24.5 Å². The Morgan fingerprint density at radius 3 is 2.05 bits per heavy atom. The molecule has 0 aliphatic rings. The summed E-state index contributed by atoms with van der Waals surface area (Å²) >= 11 is 5.68. The molecule has 0 atom stereocenters. The molecule has 3 N–H and O–H groups in total. The zero-order chi connectivity index (χ0) is 16.3. The molecule has 0 heterocycles. The van der Waals surface area contributed by atoms with Crippen molar-refractivity contribution in [2.45, 2.75) is 11.2 Å². The first-order valence-corrected chi connectivity index (χ1v) is 7.94. The monoisotopic (exact) mass is 341 g/mol. The summed E-state index contributed by atoms with van der Waals surface area (Å²) in [6.07, 6.45) is -1.66. The molecular weight excluding hydrogens is 330 g/mol. The summed E-state index contributed by atoms with van der Waals surface area (Å²) in [5, 5.41) is 18.3. The van der Waals surface area contributed by atoms with E-state index in [0.29, 0.717) is 5.02 Å². The fourth-order valence-corrected chi connectivity index (χ4v) is 2.76. The summed E-state index contributed by atoms with van der Waals surface area (Å²) < 4.78 is 26.0. The van der Waals surface area contributed by atoms with Gasteiger partial charge in [0.15, 0.2) is 6.29 Å². The number of sulfonamides is 1. The standard InChI is InChI=1S/C14H12ClNO5S/c15-11-5-7-12(8-6-11)22(20,21)16-13(17)9-1-3-10(4-2-9)14(18)19/h1-8,14,18-19H,(H,16,17). The second-order valence-electron chi connectivity index (χ2n) is 4.38. The fraction of sp³-hybridized carbons (Fsp3) is 0.0714. The Kier molecular flexibility index (Phi) is 4.82. The molecular formula is C14H12ClNO5S. The molecule has 0 aromatic heterocycles. The summed E-state index contributed by atoms with van der Waals surface area (Å²) in [5.41, 5.74) is 0.263. The van der Waals surface area contributed by atoms with E-state index in [-0.39, 0.29) is 16.0 Å². The number of aliphatic hydroxyl groups excluding tert-OH is 1. The van der Waals surface area contributed by atoms with Gasteiger partial charge in [-0.3, -0.25) is 4.79 Å². The van der Waals surface area contributed by atoms with E-state index in [1.165, 1.54) is 48.5 Å². The molecule has 116 valence electrons. The predicted molar refractivity (Wildman–Crippen MR) is 79.7 cm³/mol. The highest BCUT2D eigenvalue weighted by molar-refractivity contribution is 7.90. The van der Waals surface area contributed by atoms with Crippen LogP contribution in [0.1, 0.15) is 22.2 Å². The van der Waals surface area contributed by atoms with Gasteiger partial charge in [-0.2, -0.15) is 0 Å². The molecule has 22 heavy (non-hydrogen) atoms. The molecule has 0 saturated carbocycles. The quantitative estimate of drug-likeness (QED) is 0.730. The smallest absolute Gasteiger partial charge is 0.264 e. The van der Waals surface area contributed by atoms with Crippen molar-refractivity contribution in [3.05, 3.63) is 64.7 Å². The molecule has 0 unspecified atom stereocenters. The van der Waals surface area contributed by atoms with Gasteiger partial charge in [0.1, 0.15) is 0 Å². The number of hydrogen-bond acceptors (Lipinski definition) is 5. The summed E-state index contributed by atoms with van der Waals surface area (Å²) in [5.74, 6) is -0.825. The van der Waals surface area contributed by atoms with Gasteiger partial charge in [0.25, 0.3) is 15.9 Å². The molecule has 0 aliphatic heterocycles. The van der Waals surface area contributed by atoms with E-state index in [0.717, 1.165) is 0 Å². The van der Waals surface area contributed by atoms with Gasteiger partial charge in [-0.25, -0.2) is 13.1 Å². The average Bonchev–Trinajstić information content (AvgIpc) is 2.47. The first-order chi connectivity index (χ1) is 10.3. The lowest BCUT2D eigenvalue weighted by molar-refractivity contribution is -0.0425. The summed E-state index contributed by atoms with van der Waals surface area (Å²) in [4.78, 5) is 11.9. The zero-order valence-corrected chi connectivity index (χ0v) is 12.7. The lowest BCUT2D eigenvalue weighted by Crippen LogP contribution is -2.30. The van der Waals surface area contributed by atoms with Crippen molar-refractivity contribution in [3.63, 3.8) is 0 Å². The normalized spacial score (nSPS) is 11.5. The molecule has 2 rings (SSSR count). The third-order valence-corrected chi connectivity index (χ3v) is 4.42. The maximum atomic E-state index is 12.0. The molecule has 2 aromatic rings. The maximum Gasteiger partial charge on any atom is 0.264 e. The van der Waals surface area contributed by atoms with Crippen molar-refractivity contribution in [1.29, 1.82) is 0 Å². The largest absolute Gasteiger partial charge is 0.364 e. The Hall–Kier alpha value is -1.93. The zero-order valence-electron chi connectivity index (χ0n) is 11.1. The van der Waals surface area contributed by atoms with E-state index in [1.807, 2.05) is 4.72 Å². The Morgan fingerprint density at radius 2 is 1.55 bits per heavy atom. The van der Waals surface area contributed by atoms with Crippen LogP contribution in [0.4, 0.5) is 0 Å². The van der Waals surface area contributed by atoms with Gasteiger partial charge in [-0.1, -0.05) is 23.7 Å². The van der Waals surface area contributed by atoms with Crippen molar-refractivity contribution < 1.29 is 23.4 Å². The van der Waals surface area contributed by atoms with Crippen molar-refractivity contribution in [2.24, 2.45) is 0 Å². The van der Waals surface area contributed by atoms with E-state index in [1.54, 1.807) is 0 Å². The van der Waals surface area contributed by atoms with E-state index in [9.17, 15) is 13.2 Å². The molecule has 8 heteroatoms. The molecule has 0 radical (unpaired) electrons. The van der Waals surface area contributed by atoms with Gasteiger partial charge in [-0.05, 0) is 36.4 Å².